The van der Waals surface area contributed by atoms with E-state index in [2.05, 4.69) is 10.5 Å². The number of hydrogen-bond donors (Lipinski definition) is 1. The minimum absolute atomic E-state index is 0.00944. The molecule has 4 rings (SSSR count). The smallest absolute Gasteiger partial charge is 0.266 e. The maximum Gasteiger partial charge on any atom is 0.266 e. The highest BCUT2D eigenvalue weighted by Gasteiger charge is 2.43. The van der Waals surface area contributed by atoms with E-state index in [0.29, 0.717) is 17.8 Å². The predicted molar refractivity (Wildman–Crippen MR) is 67.2 cm³/mol. The third-order valence-electron chi connectivity index (χ3n) is 3.78. The molecule has 3 heterocycles. The number of aromatic nitrogens is 1. The number of carbonyl (C=O) groups excluding carboxylic acids is 1. The Kier molecular flexibility index (Phi) is 2.01. The van der Waals surface area contributed by atoms with E-state index in [9.17, 15) is 4.79 Å². The molecule has 0 saturated heterocycles. The summed E-state index contributed by atoms with van der Waals surface area (Å²) in [5, 5.41) is 6.77. The van der Waals surface area contributed by atoms with Crippen molar-refractivity contribution >= 4 is 11.6 Å². The number of fused-ring (bicyclic) bond motifs is 4. The average molecular weight is 256 g/mol. The van der Waals surface area contributed by atoms with Gasteiger partial charge in [-0.2, -0.15) is 0 Å². The number of amides is 1. The monoisotopic (exact) mass is 256 g/mol. The second-order valence-corrected chi connectivity index (χ2v) is 4.94. The van der Waals surface area contributed by atoms with Crippen molar-refractivity contribution in [1.29, 1.82) is 0 Å². The van der Waals surface area contributed by atoms with E-state index in [1.165, 1.54) is 0 Å². The van der Waals surface area contributed by atoms with Crippen LogP contribution in [0.15, 0.2) is 28.8 Å². The molecule has 2 atom stereocenters. The van der Waals surface area contributed by atoms with Crippen molar-refractivity contribution in [3.63, 3.8) is 0 Å². The first-order valence-electron chi connectivity index (χ1n) is 6.25. The molecule has 5 heteroatoms. The third kappa shape index (κ3) is 1.41. The Hall–Kier alpha value is -2.30. The van der Waals surface area contributed by atoms with Crippen LogP contribution in [0.1, 0.15) is 22.9 Å². The molecular weight excluding hydrogens is 244 g/mol. The molecule has 2 aromatic rings. The molecule has 2 unspecified atom stereocenters. The van der Waals surface area contributed by atoms with Gasteiger partial charge in [0.1, 0.15) is 17.1 Å². The minimum atomic E-state index is -0.487. The zero-order chi connectivity index (χ0) is 13.0. The molecule has 2 aliphatic heterocycles. The van der Waals surface area contributed by atoms with Crippen LogP contribution in [0.3, 0.4) is 0 Å². The average Bonchev–Trinajstić information content (AvgIpc) is 2.90. The quantitative estimate of drug-likeness (QED) is 0.783. The van der Waals surface area contributed by atoms with Crippen LogP contribution in [0.5, 0.6) is 5.75 Å². The molecular formula is C14H12N2O3. The Morgan fingerprint density at radius 1 is 1.37 bits per heavy atom. The molecule has 0 fully saturated rings. The van der Waals surface area contributed by atoms with Crippen molar-refractivity contribution in [2.45, 2.75) is 25.4 Å². The van der Waals surface area contributed by atoms with Gasteiger partial charge in [0.05, 0.1) is 0 Å². The topological polar surface area (TPSA) is 64.4 Å². The largest absolute Gasteiger partial charge is 0.480 e. The van der Waals surface area contributed by atoms with Gasteiger partial charge in [0.2, 0.25) is 0 Å². The SMILES string of the molecule is Cc1noc2c1NC(=O)C1Oc3ccccc3C1C2. The van der Waals surface area contributed by atoms with Crippen molar-refractivity contribution in [1.82, 2.24) is 5.16 Å². The highest BCUT2D eigenvalue weighted by atomic mass is 16.5. The molecule has 0 aliphatic carbocycles. The van der Waals surface area contributed by atoms with E-state index in [4.69, 9.17) is 9.26 Å². The maximum absolute atomic E-state index is 12.3. The molecule has 1 aromatic carbocycles. The first-order valence-corrected chi connectivity index (χ1v) is 6.25. The molecule has 2 aliphatic rings. The van der Waals surface area contributed by atoms with E-state index < -0.39 is 6.10 Å². The molecule has 0 radical (unpaired) electrons. The van der Waals surface area contributed by atoms with E-state index in [1.807, 2.05) is 31.2 Å². The lowest BCUT2D eigenvalue weighted by atomic mass is 9.91. The van der Waals surface area contributed by atoms with Crippen LogP contribution < -0.4 is 10.1 Å². The summed E-state index contributed by atoms with van der Waals surface area (Å²) in [7, 11) is 0. The second kappa shape index (κ2) is 3.60. The number of benzene rings is 1. The summed E-state index contributed by atoms with van der Waals surface area (Å²) < 4.78 is 11.1. The number of rotatable bonds is 0. The summed E-state index contributed by atoms with van der Waals surface area (Å²) in [5.74, 6) is 1.36. The Bertz CT molecular complexity index is 677. The minimum Gasteiger partial charge on any atom is -0.480 e. The van der Waals surface area contributed by atoms with Crippen LogP contribution in [0, 0.1) is 6.92 Å². The van der Waals surface area contributed by atoms with Gasteiger partial charge in [0, 0.05) is 17.9 Å². The molecule has 1 amide bonds. The van der Waals surface area contributed by atoms with Gasteiger partial charge in [-0.05, 0) is 13.0 Å². The van der Waals surface area contributed by atoms with Crippen molar-refractivity contribution in [3.8, 4) is 5.75 Å². The number of para-hydroxylation sites is 1. The van der Waals surface area contributed by atoms with Gasteiger partial charge in [0.25, 0.3) is 5.91 Å². The maximum atomic E-state index is 12.3. The first kappa shape index (κ1) is 10.6. The fourth-order valence-electron chi connectivity index (χ4n) is 2.84. The molecule has 0 saturated carbocycles. The van der Waals surface area contributed by atoms with Crippen molar-refractivity contribution < 1.29 is 14.1 Å². The molecule has 1 aromatic heterocycles. The number of carbonyl (C=O) groups is 1. The van der Waals surface area contributed by atoms with Gasteiger partial charge in [0.15, 0.2) is 11.9 Å². The van der Waals surface area contributed by atoms with Gasteiger partial charge in [-0.3, -0.25) is 4.79 Å². The molecule has 19 heavy (non-hydrogen) atoms. The summed E-state index contributed by atoms with van der Waals surface area (Å²) in [6.07, 6.45) is 0.135. The van der Waals surface area contributed by atoms with Crippen LogP contribution >= 0.6 is 0 Å². The lowest BCUT2D eigenvalue weighted by Crippen LogP contribution is -2.33. The van der Waals surface area contributed by atoms with Crippen molar-refractivity contribution in [2.75, 3.05) is 5.32 Å². The zero-order valence-corrected chi connectivity index (χ0v) is 10.3. The summed E-state index contributed by atoms with van der Waals surface area (Å²) in [6.45, 7) is 1.82. The Morgan fingerprint density at radius 3 is 3.11 bits per heavy atom. The van der Waals surface area contributed by atoms with Gasteiger partial charge in [-0.15, -0.1) is 0 Å². The van der Waals surface area contributed by atoms with Crippen molar-refractivity contribution in [2.24, 2.45) is 0 Å². The first-order chi connectivity index (χ1) is 9.24. The summed E-state index contributed by atoms with van der Waals surface area (Å²) >= 11 is 0. The van der Waals surface area contributed by atoms with E-state index in [-0.39, 0.29) is 11.8 Å². The number of anilines is 1. The lowest BCUT2D eigenvalue weighted by Gasteiger charge is -2.13. The molecule has 0 bridgehead atoms. The Morgan fingerprint density at radius 2 is 2.21 bits per heavy atom. The third-order valence-corrected chi connectivity index (χ3v) is 3.78. The molecule has 0 spiro atoms. The molecule has 96 valence electrons. The normalized spacial score (nSPS) is 23.7. The highest BCUT2D eigenvalue weighted by molar-refractivity contribution is 5.97. The van der Waals surface area contributed by atoms with Crippen LogP contribution in [0.4, 0.5) is 5.69 Å². The number of nitrogens with one attached hydrogen (secondary N) is 1. The van der Waals surface area contributed by atoms with Gasteiger partial charge in [-0.25, -0.2) is 0 Å². The summed E-state index contributed by atoms with van der Waals surface area (Å²) in [6, 6.07) is 7.76. The van der Waals surface area contributed by atoms with Crippen LogP contribution in [-0.4, -0.2) is 17.2 Å². The van der Waals surface area contributed by atoms with E-state index in [0.717, 1.165) is 17.1 Å². The lowest BCUT2D eigenvalue weighted by molar-refractivity contribution is -0.122. The fourth-order valence-corrected chi connectivity index (χ4v) is 2.84. The molecule has 5 nitrogen and oxygen atoms in total. The Balaban J connectivity index is 1.84. The van der Waals surface area contributed by atoms with Gasteiger partial charge >= 0.3 is 0 Å². The number of hydrogen-bond acceptors (Lipinski definition) is 4. The number of aryl methyl sites for hydroxylation is 1. The van der Waals surface area contributed by atoms with Gasteiger partial charge < -0.3 is 14.6 Å². The highest BCUT2D eigenvalue weighted by Crippen LogP contribution is 2.43. The standard InChI is InChI=1S/C14H12N2O3/c1-7-12-11(19-16-7)6-9-8-4-2-3-5-10(8)18-13(9)14(17)15-12/h2-5,9,13H,6H2,1H3,(H,15,17). The number of nitrogens with zero attached hydrogens (tertiary/aromatic N) is 1. The fraction of sp³-hybridized carbons (Fsp3) is 0.286. The summed E-state index contributed by atoms with van der Waals surface area (Å²) in [5.41, 5.74) is 2.46. The van der Waals surface area contributed by atoms with Crippen molar-refractivity contribution in [3.05, 3.63) is 41.3 Å². The van der Waals surface area contributed by atoms with Gasteiger partial charge in [-0.1, -0.05) is 23.4 Å². The zero-order valence-electron chi connectivity index (χ0n) is 10.3. The van der Waals surface area contributed by atoms with Crippen LogP contribution in [0.25, 0.3) is 0 Å². The number of ether oxygens (including phenoxy) is 1. The molecule has 1 N–H and O–H groups in total. The van der Waals surface area contributed by atoms with Crippen LogP contribution in [-0.2, 0) is 11.2 Å². The van der Waals surface area contributed by atoms with Crippen LogP contribution in [0.2, 0.25) is 0 Å². The van der Waals surface area contributed by atoms with E-state index >= 15 is 0 Å². The Labute approximate surface area is 109 Å². The second-order valence-electron chi connectivity index (χ2n) is 4.94. The summed E-state index contributed by atoms with van der Waals surface area (Å²) in [4.78, 5) is 12.3. The predicted octanol–water partition coefficient (Wildman–Crippen LogP) is 2.02. The van der Waals surface area contributed by atoms with E-state index in [1.54, 1.807) is 0 Å².